The molecule has 3 fully saturated rings. The van der Waals surface area contributed by atoms with Crippen LogP contribution in [0.15, 0.2) is 24.3 Å². The Morgan fingerprint density at radius 2 is 1.83 bits per heavy atom. The van der Waals surface area contributed by atoms with Gasteiger partial charge < -0.3 is 10.2 Å². The number of hydrogen-bond donors (Lipinski definition) is 1. The van der Waals surface area contributed by atoms with E-state index in [4.69, 9.17) is 0 Å². The summed E-state index contributed by atoms with van der Waals surface area (Å²) >= 11 is 0. The van der Waals surface area contributed by atoms with Crippen LogP contribution in [0.5, 0.6) is 0 Å². The largest absolute Gasteiger partial charge is 0.369 e. The molecule has 2 aliphatic carbocycles. The Labute approximate surface area is 143 Å². The normalized spacial score (nSPS) is 29.9. The van der Waals surface area contributed by atoms with Gasteiger partial charge in [-0.15, -0.1) is 0 Å². The van der Waals surface area contributed by atoms with E-state index in [0.29, 0.717) is 12.6 Å². The predicted octanol–water partition coefficient (Wildman–Crippen LogP) is 2.25. The van der Waals surface area contributed by atoms with Crippen molar-refractivity contribution in [1.29, 1.82) is 0 Å². The third kappa shape index (κ3) is 3.41. The number of hydrogen-bond acceptors (Lipinski definition) is 3. The minimum Gasteiger partial charge on any atom is -0.369 e. The lowest BCUT2D eigenvalue weighted by Crippen LogP contribution is -2.51. The molecular formula is C19H26FN3O. The number of rotatable bonds is 4. The summed E-state index contributed by atoms with van der Waals surface area (Å²) in [5.74, 6) is 1.58. The standard InChI is InChI=1S/C19H26FN3O/c20-16-3-5-17(6-4-16)23-9-7-22(8-10-23)13-19(24)21-18-12-14-1-2-15(18)11-14/h3-6,14-15,18H,1-2,7-13H2,(H,21,24). The first-order valence-electron chi connectivity index (χ1n) is 9.19. The molecule has 1 N–H and O–H groups in total. The summed E-state index contributed by atoms with van der Waals surface area (Å²) in [5, 5.41) is 3.27. The average Bonchev–Trinajstić information content (AvgIpc) is 3.19. The predicted molar refractivity (Wildman–Crippen MR) is 92.4 cm³/mol. The molecule has 0 spiro atoms. The molecule has 2 saturated carbocycles. The molecule has 1 saturated heterocycles. The van der Waals surface area contributed by atoms with Gasteiger partial charge in [-0.05, 0) is 55.4 Å². The van der Waals surface area contributed by atoms with Crippen molar-refractivity contribution in [1.82, 2.24) is 10.2 Å². The molecule has 0 aromatic heterocycles. The summed E-state index contributed by atoms with van der Waals surface area (Å²) in [6, 6.07) is 7.09. The number of carbonyl (C=O) groups excluding carboxylic acids is 1. The third-order valence-corrected chi connectivity index (χ3v) is 6.02. The maximum atomic E-state index is 13.0. The molecule has 5 heteroatoms. The van der Waals surface area contributed by atoms with Gasteiger partial charge in [0.2, 0.25) is 5.91 Å². The zero-order valence-electron chi connectivity index (χ0n) is 14.1. The highest BCUT2D eigenvalue weighted by Gasteiger charge is 2.40. The minimum atomic E-state index is -0.199. The highest BCUT2D eigenvalue weighted by molar-refractivity contribution is 5.78. The molecule has 4 rings (SSSR count). The van der Waals surface area contributed by atoms with Crippen LogP contribution in [0.3, 0.4) is 0 Å². The first kappa shape index (κ1) is 15.9. The van der Waals surface area contributed by atoms with Gasteiger partial charge in [0.05, 0.1) is 6.54 Å². The number of piperazine rings is 1. The Kier molecular flexibility index (Phi) is 4.44. The smallest absolute Gasteiger partial charge is 0.234 e. The lowest BCUT2D eigenvalue weighted by molar-refractivity contribution is -0.123. The van der Waals surface area contributed by atoms with Gasteiger partial charge in [-0.1, -0.05) is 6.42 Å². The average molecular weight is 331 g/mol. The molecule has 130 valence electrons. The molecule has 24 heavy (non-hydrogen) atoms. The second kappa shape index (κ2) is 6.71. The van der Waals surface area contributed by atoms with E-state index in [1.165, 1.54) is 37.8 Å². The van der Waals surface area contributed by atoms with Gasteiger partial charge in [-0.25, -0.2) is 4.39 Å². The van der Waals surface area contributed by atoms with Crippen molar-refractivity contribution in [2.24, 2.45) is 11.8 Å². The topological polar surface area (TPSA) is 35.6 Å². The van der Waals surface area contributed by atoms with Crippen molar-refractivity contribution in [3.05, 3.63) is 30.1 Å². The maximum absolute atomic E-state index is 13.0. The van der Waals surface area contributed by atoms with E-state index in [2.05, 4.69) is 15.1 Å². The van der Waals surface area contributed by atoms with Crippen molar-refractivity contribution in [2.45, 2.75) is 31.7 Å². The van der Waals surface area contributed by atoms with E-state index in [1.54, 1.807) is 0 Å². The number of fused-ring (bicyclic) bond motifs is 2. The highest BCUT2D eigenvalue weighted by atomic mass is 19.1. The lowest BCUT2D eigenvalue weighted by Gasteiger charge is -2.36. The molecule has 3 aliphatic rings. The molecular weight excluding hydrogens is 305 g/mol. The molecule has 4 nitrogen and oxygen atoms in total. The number of benzene rings is 1. The number of amides is 1. The molecule has 1 heterocycles. The number of anilines is 1. The van der Waals surface area contributed by atoms with E-state index in [1.807, 2.05) is 12.1 Å². The van der Waals surface area contributed by atoms with Crippen molar-refractivity contribution in [2.75, 3.05) is 37.6 Å². The van der Waals surface area contributed by atoms with Crippen molar-refractivity contribution in [3.63, 3.8) is 0 Å². The second-order valence-corrected chi connectivity index (χ2v) is 7.59. The van der Waals surface area contributed by atoms with Crippen molar-refractivity contribution >= 4 is 11.6 Å². The van der Waals surface area contributed by atoms with E-state index in [0.717, 1.165) is 43.7 Å². The minimum absolute atomic E-state index is 0.183. The Hall–Kier alpha value is -1.62. The van der Waals surface area contributed by atoms with Crippen LogP contribution in [0, 0.1) is 17.7 Å². The fraction of sp³-hybridized carbons (Fsp3) is 0.632. The van der Waals surface area contributed by atoms with E-state index in [-0.39, 0.29) is 11.7 Å². The third-order valence-electron chi connectivity index (χ3n) is 6.02. The van der Waals surface area contributed by atoms with Crippen LogP contribution in [-0.2, 0) is 4.79 Å². The Morgan fingerprint density at radius 1 is 1.08 bits per heavy atom. The Morgan fingerprint density at radius 3 is 2.46 bits per heavy atom. The number of carbonyl (C=O) groups is 1. The summed E-state index contributed by atoms with van der Waals surface area (Å²) in [6.45, 7) is 4.02. The van der Waals surface area contributed by atoms with Gasteiger partial charge in [0.15, 0.2) is 0 Å². The number of halogens is 1. The summed E-state index contributed by atoms with van der Waals surface area (Å²) in [4.78, 5) is 16.8. The Bertz CT molecular complexity index is 583. The molecule has 1 aliphatic heterocycles. The molecule has 1 aromatic carbocycles. The van der Waals surface area contributed by atoms with Gasteiger partial charge in [-0.3, -0.25) is 9.69 Å². The lowest BCUT2D eigenvalue weighted by atomic mass is 9.95. The van der Waals surface area contributed by atoms with E-state index >= 15 is 0 Å². The second-order valence-electron chi connectivity index (χ2n) is 7.59. The molecule has 3 atom stereocenters. The van der Waals surface area contributed by atoms with Crippen LogP contribution < -0.4 is 10.2 Å². The molecule has 1 aromatic rings. The molecule has 3 unspecified atom stereocenters. The van der Waals surface area contributed by atoms with Crippen LogP contribution >= 0.6 is 0 Å². The highest BCUT2D eigenvalue weighted by Crippen LogP contribution is 2.44. The van der Waals surface area contributed by atoms with Crippen LogP contribution in [0.4, 0.5) is 10.1 Å². The van der Waals surface area contributed by atoms with Gasteiger partial charge >= 0.3 is 0 Å². The van der Waals surface area contributed by atoms with Crippen LogP contribution in [0.2, 0.25) is 0 Å². The SMILES string of the molecule is O=C(CN1CCN(c2ccc(F)cc2)CC1)NC1CC2CCC1C2. The quantitative estimate of drug-likeness (QED) is 0.919. The summed E-state index contributed by atoms with van der Waals surface area (Å²) in [7, 11) is 0. The number of nitrogens with zero attached hydrogens (tertiary/aromatic N) is 2. The van der Waals surface area contributed by atoms with Crippen LogP contribution in [-0.4, -0.2) is 49.6 Å². The van der Waals surface area contributed by atoms with Crippen LogP contribution in [0.1, 0.15) is 25.7 Å². The molecule has 1 amide bonds. The maximum Gasteiger partial charge on any atom is 0.234 e. The fourth-order valence-electron chi connectivity index (χ4n) is 4.69. The molecule has 0 radical (unpaired) electrons. The first-order chi connectivity index (χ1) is 11.7. The van der Waals surface area contributed by atoms with Gasteiger partial charge in [-0.2, -0.15) is 0 Å². The van der Waals surface area contributed by atoms with E-state index < -0.39 is 0 Å². The zero-order valence-corrected chi connectivity index (χ0v) is 14.1. The monoisotopic (exact) mass is 331 g/mol. The Balaban J connectivity index is 1.23. The van der Waals surface area contributed by atoms with Crippen LogP contribution in [0.25, 0.3) is 0 Å². The van der Waals surface area contributed by atoms with Gasteiger partial charge in [0.1, 0.15) is 5.82 Å². The summed E-state index contributed by atoms with van der Waals surface area (Å²) in [5.41, 5.74) is 1.06. The van der Waals surface area contributed by atoms with Gasteiger partial charge in [0.25, 0.3) is 0 Å². The van der Waals surface area contributed by atoms with Crippen molar-refractivity contribution in [3.8, 4) is 0 Å². The van der Waals surface area contributed by atoms with Crippen molar-refractivity contribution < 1.29 is 9.18 Å². The summed E-state index contributed by atoms with van der Waals surface area (Å²) in [6.07, 6.45) is 5.17. The number of nitrogens with one attached hydrogen (secondary N) is 1. The fourth-order valence-corrected chi connectivity index (χ4v) is 4.69. The zero-order chi connectivity index (χ0) is 16.5. The first-order valence-corrected chi connectivity index (χ1v) is 9.19. The summed E-state index contributed by atoms with van der Waals surface area (Å²) < 4.78 is 13.0. The van der Waals surface area contributed by atoms with Gasteiger partial charge in [0, 0.05) is 37.9 Å². The molecule has 2 bridgehead atoms. The van der Waals surface area contributed by atoms with E-state index in [9.17, 15) is 9.18 Å².